The third-order valence-electron chi connectivity index (χ3n) is 7.58. The van der Waals surface area contributed by atoms with E-state index in [4.69, 9.17) is 4.74 Å². The van der Waals surface area contributed by atoms with Crippen LogP contribution in [0.25, 0.3) is 0 Å². The number of nitrogens with zero attached hydrogens (tertiary/aromatic N) is 3. The SMILES string of the molecule is CCN(c1cc(F)cc(C(=O)NCc2c(C)cc(C)n(C)c2=O)c1C)C1CCN(C(=O)OC(C)(C)C)C(C)C1. The Morgan fingerprint density at radius 3 is 2.44 bits per heavy atom. The lowest BCUT2D eigenvalue weighted by Gasteiger charge is -2.43. The van der Waals surface area contributed by atoms with E-state index in [9.17, 15) is 18.8 Å². The molecule has 8 nitrogen and oxygen atoms in total. The van der Waals surface area contributed by atoms with Crippen LogP contribution >= 0.6 is 0 Å². The van der Waals surface area contributed by atoms with Gasteiger partial charge < -0.3 is 24.4 Å². The van der Waals surface area contributed by atoms with E-state index in [0.29, 0.717) is 42.7 Å². The maximum Gasteiger partial charge on any atom is 0.410 e. The normalized spacial score (nSPS) is 17.6. The number of aromatic nitrogens is 1. The Morgan fingerprint density at radius 2 is 1.85 bits per heavy atom. The van der Waals surface area contributed by atoms with Crippen molar-refractivity contribution in [3.63, 3.8) is 0 Å². The molecule has 39 heavy (non-hydrogen) atoms. The largest absolute Gasteiger partial charge is 0.444 e. The van der Waals surface area contributed by atoms with Crippen molar-refractivity contribution in [1.29, 1.82) is 0 Å². The summed E-state index contributed by atoms with van der Waals surface area (Å²) in [5, 5.41) is 2.82. The van der Waals surface area contributed by atoms with Crippen LogP contribution < -0.4 is 15.8 Å². The fourth-order valence-corrected chi connectivity index (χ4v) is 5.35. The number of nitrogens with one attached hydrogen (secondary N) is 1. The van der Waals surface area contributed by atoms with Crippen molar-refractivity contribution in [1.82, 2.24) is 14.8 Å². The topological polar surface area (TPSA) is 83.9 Å². The summed E-state index contributed by atoms with van der Waals surface area (Å²) < 4.78 is 22.0. The lowest BCUT2D eigenvalue weighted by Crippen LogP contribution is -2.52. The molecule has 0 spiro atoms. The fraction of sp³-hybridized carbons (Fsp3) is 0.567. The highest BCUT2D eigenvalue weighted by molar-refractivity contribution is 5.97. The summed E-state index contributed by atoms with van der Waals surface area (Å²) in [6, 6.07) is 4.64. The highest BCUT2D eigenvalue weighted by atomic mass is 19.1. The molecule has 2 unspecified atom stereocenters. The van der Waals surface area contributed by atoms with E-state index >= 15 is 0 Å². The second-order valence-electron chi connectivity index (χ2n) is 11.6. The second kappa shape index (κ2) is 11.8. The first-order valence-corrected chi connectivity index (χ1v) is 13.6. The van der Waals surface area contributed by atoms with Crippen molar-refractivity contribution in [2.24, 2.45) is 7.05 Å². The molecule has 1 aliphatic heterocycles. The van der Waals surface area contributed by atoms with Crippen LogP contribution in [0.4, 0.5) is 14.9 Å². The Kier molecular flexibility index (Phi) is 9.13. The van der Waals surface area contributed by atoms with Crippen molar-refractivity contribution in [3.05, 3.63) is 62.3 Å². The molecule has 1 aliphatic rings. The third kappa shape index (κ3) is 6.81. The zero-order valence-electron chi connectivity index (χ0n) is 24.8. The molecule has 1 aromatic heterocycles. The van der Waals surface area contributed by atoms with Gasteiger partial charge in [-0.1, -0.05) is 0 Å². The van der Waals surface area contributed by atoms with E-state index in [2.05, 4.69) is 10.2 Å². The van der Waals surface area contributed by atoms with Gasteiger partial charge in [0.2, 0.25) is 0 Å². The number of carbonyl (C=O) groups excluding carboxylic acids is 2. The Bertz CT molecular complexity index is 1300. The Labute approximate surface area is 231 Å². The van der Waals surface area contributed by atoms with Crippen LogP contribution in [-0.2, 0) is 18.3 Å². The van der Waals surface area contributed by atoms with Crippen molar-refractivity contribution in [3.8, 4) is 0 Å². The van der Waals surface area contributed by atoms with E-state index in [-0.39, 0.29) is 35.8 Å². The maximum atomic E-state index is 14.9. The van der Waals surface area contributed by atoms with Gasteiger partial charge in [0.15, 0.2) is 0 Å². The van der Waals surface area contributed by atoms with Crippen LogP contribution in [0.2, 0.25) is 0 Å². The number of hydrogen-bond donors (Lipinski definition) is 1. The molecular formula is C30H43FN4O4. The van der Waals surface area contributed by atoms with Crippen LogP contribution in [0.3, 0.4) is 0 Å². The molecule has 2 amide bonds. The lowest BCUT2D eigenvalue weighted by molar-refractivity contribution is 0.0103. The van der Waals surface area contributed by atoms with Crippen molar-refractivity contribution in [2.45, 2.75) is 92.5 Å². The third-order valence-corrected chi connectivity index (χ3v) is 7.58. The molecule has 0 radical (unpaired) electrons. The maximum absolute atomic E-state index is 14.9. The first-order chi connectivity index (χ1) is 18.1. The van der Waals surface area contributed by atoms with Crippen LogP contribution in [0.5, 0.6) is 0 Å². The number of ether oxygens (including phenoxy) is 1. The minimum Gasteiger partial charge on any atom is -0.444 e. The molecule has 2 heterocycles. The van der Waals surface area contributed by atoms with Gasteiger partial charge in [0, 0.05) is 61.3 Å². The molecule has 1 fully saturated rings. The summed E-state index contributed by atoms with van der Waals surface area (Å²) in [5.74, 6) is -0.930. The first kappa shape index (κ1) is 30.2. The van der Waals surface area contributed by atoms with Gasteiger partial charge in [-0.2, -0.15) is 0 Å². The molecular weight excluding hydrogens is 499 g/mol. The van der Waals surface area contributed by atoms with E-state index in [0.717, 1.165) is 11.3 Å². The molecule has 214 valence electrons. The Morgan fingerprint density at radius 1 is 1.18 bits per heavy atom. The number of piperidine rings is 1. The summed E-state index contributed by atoms with van der Waals surface area (Å²) in [7, 11) is 1.70. The molecule has 2 atom stereocenters. The van der Waals surface area contributed by atoms with Gasteiger partial charge in [-0.3, -0.25) is 9.59 Å². The second-order valence-corrected chi connectivity index (χ2v) is 11.6. The minimum atomic E-state index is -0.566. The van der Waals surface area contributed by atoms with Gasteiger partial charge in [-0.15, -0.1) is 0 Å². The Hall–Kier alpha value is -3.36. The predicted octanol–water partition coefficient (Wildman–Crippen LogP) is 4.99. The van der Waals surface area contributed by atoms with Crippen molar-refractivity contribution >= 4 is 17.7 Å². The highest BCUT2D eigenvalue weighted by Crippen LogP contribution is 2.32. The van der Waals surface area contributed by atoms with Gasteiger partial charge >= 0.3 is 6.09 Å². The lowest BCUT2D eigenvalue weighted by atomic mass is 9.95. The number of likely N-dealkylation sites (tertiary alicyclic amines) is 1. The van der Waals surface area contributed by atoms with E-state index in [1.165, 1.54) is 12.1 Å². The average Bonchev–Trinajstić information content (AvgIpc) is 2.83. The molecule has 9 heteroatoms. The molecule has 1 aromatic carbocycles. The molecule has 0 saturated carbocycles. The zero-order chi connectivity index (χ0) is 29.2. The molecule has 1 saturated heterocycles. The van der Waals surface area contributed by atoms with Gasteiger partial charge in [0.05, 0.1) is 0 Å². The summed E-state index contributed by atoms with van der Waals surface area (Å²) in [6.45, 7) is 16.3. The van der Waals surface area contributed by atoms with Gasteiger partial charge in [-0.05, 0) is 97.6 Å². The smallest absolute Gasteiger partial charge is 0.410 e. The van der Waals surface area contributed by atoms with E-state index in [1.54, 1.807) is 16.5 Å². The van der Waals surface area contributed by atoms with Crippen LogP contribution in [0, 0.1) is 26.6 Å². The summed E-state index contributed by atoms with van der Waals surface area (Å²) in [6.07, 6.45) is 1.07. The number of rotatable bonds is 6. The quantitative estimate of drug-likeness (QED) is 0.556. The first-order valence-electron chi connectivity index (χ1n) is 13.6. The number of hydrogen-bond acceptors (Lipinski definition) is 5. The van der Waals surface area contributed by atoms with E-state index in [1.807, 2.05) is 61.5 Å². The summed E-state index contributed by atoms with van der Waals surface area (Å²) in [5.41, 5.74) is 2.99. The number of benzene rings is 1. The average molecular weight is 543 g/mol. The van der Waals surface area contributed by atoms with E-state index < -0.39 is 17.3 Å². The van der Waals surface area contributed by atoms with Crippen LogP contribution in [-0.4, -0.2) is 52.2 Å². The van der Waals surface area contributed by atoms with Crippen LogP contribution in [0.1, 0.15) is 80.2 Å². The molecule has 0 aliphatic carbocycles. The zero-order valence-corrected chi connectivity index (χ0v) is 24.8. The minimum absolute atomic E-state index is 0.0513. The molecule has 3 rings (SSSR count). The number of pyridine rings is 1. The number of amides is 2. The highest BCUT2D eigenvalue weighted by Gasteiger charge is 2.34. The van der Waals surface area contributed by atoms with Crippen LogP contribution in [0.15, 0.2) is 23.0 Å². The number of carbonyl (C=O) groups is 2. The summed E-state index contributed by atoms with van der Waals surface area (Å²) in [4.78, 5) is 42.5. The van der Waals surface area contributed by atoms with Gasteiger partial charge in [-0.25, -0.2) is 9.18 Å². The monoisotopic (exact) mass is 542 g/mol. The standard InChI is InChI=1S/C30H43FN4O4/c1-10-34(23-11-12-35(20(4)14-23)29(38)39-30(6,7)8)26-16-22(31)15-24(21(26)5)27(36)32-17-25-18(2)13-19(3)33(9)28(25)37/h13,15-16,20,23H,10-12,14,17H2,1-9H3,(H,32,36). The predicted molar refractivity (Wildman–Crippen MR) is 152 cm³/mol. The van der Waals surface area contributed by atoms with Crippen molar-refractivity contribution in [2.75, 3.05) is 18.0 Å². The molecule has 1 N–H and O–H groups in total. The molecule has 2 aromatic rings. The number of halogens is 1. The fourth-order valence-electron chi connectivity index (χ4n) is 5.35. The molecule has 0 bridgehead atoms. The number of anilines is 1. The van der Waals surface area contributed by atoms with Gasteiger partial charge in [0.1, 0.15) is 11.4 Å². The summed E-state index contributed by atoms with van der Waals surface area (Å²) >= 11 is 0. The van der Waals surface area contributed by atoms with Crippen molar-refractivity contribution < 1.29 is 18.7 Å². The Balaban J connectivity index is 1.81. The van der Waals surface area contributed by atoms with Gasteiger partial charge in [0.25, 0.3) is 11.5 Å². The number of aryl methyl sites for hydroxylation is 2.